The van der Waals surface area contributed by atoms with Gasteiger partial charge < -0.3 is 4.52 Å². The molecule has 0 atom stereocenters. The lowest BCUT2D eigenvalue weighted by Gasteiger charge is -2.14. The minimum atomic E-state index is -4.56. The fraction of sp³-hybridized carbons (Fsp3) is 0.750. The number of hydrogen-bond acceptors (Lipinski definition) is 4. The van der Waals surface area contributed by atoms with Gasteiger partial charge in [-0.25, -0.2) is 0 Å². The number of rotatable bonds is 4. The van der Waals surface area contributed by atoms with Crippen molar-refractivity contribution in [3.8, 4) is 0 Å². The molecule has 0 saturated heterocycles. The summed E-state index contributed by atoms with van der Waals surface area (Å²) in [5, 5.41) is 3.27. The number of aromatic nitrogens is 2. The standard InChI is InChI=1S/C8H12F3N3O/c1-3-14(4-2)5-6-12-7(15-13-6)8(9,10)11/h3-5H2,1-2H3. The van der Waals surface area contributed by atoms with Gasteiger partial charge in [-0.15, -0.1) is 0 Å². The minimum absolute atomic E-state index is 0.0611. The molecule has 15 heavy (non-hydrogen) atoms. The van der Waals surface area contributed by atoms with Gasteiger partial charge in [0.25, 0.3) is 0 Å². The number of hydrogen-bond donors (Lipinski definition) is 0. The summed E-state index contributed by atoms with van der Waals surface area (Å²) < 4.78 is 40.4. The smallest absolute Gasteiger partial charge is 0.329 e. The van der Waals surface area contributed by atoms with E-state index in [1.54, 1.807) is 0 Å². The Kier molecular flexibility index (Phi) is 3.67. The molecule has 0 N–H and O–H groups in total. The van der Waals surface area contributed by atoms with Gasteiger partial charge in [-0.3, -0.25) is 4.90 Å². The van der Waals surface area contributed by atoms with Gasteiger partial charge in [0.15, 0.2) is 5.82 Å². The fourth-order valence-electron chi connectivity index (χ4n) is 1.08. The molecule has 0 bridgehead atoms. The third kappa shape index (κ3) is 3.19. The molecule has 0 radical (unpaired) electrons. The first-order chi connectivity index (χ1) is 6.97. The van der Waals surface area contributed by atoms with Crippen molar-refractivity contribution in [1.82, 2.24) is 15.0 Å². The molecular weight excluding hydrogens is 211 g/mol. The molecule has 0 aliphatic rings. The minimum Gasteiger partial charge on any atom is -0.329 e. The van der Waals surface area contributed by atoms with Gasteiger partial charge in [-0.05, 0) is 13.1 Å². The van der Waals surface area contributed by atoms with Crippen molar-refractivity contribution in [3.63, 3.8) is 0 Å². The topological polar surface area (TPSA) is 42.2 Å². The molecule has 1 aromatic rings. The maximum atomic E-state index is 12.1. The van der Waals surface area contributed by atoms with E-state index in [1.165, 1.54) is 0 Å². The molecular formula is C8H12F3N3O. The largest absolute Gasteiger partial charge is 0.471 e. The summed E-state index contributed by atoms with van der Waals surface area (Å²) in [4.78, 5) is 5.17. The molecule has 1 rings (SSSR count). The molecule has 0 aliphatic heterocycles. The van der Waals surface area contributed by atoms with E-state index in [1.807, 2.05) is 18.7 Å². The van der Waals surface area contributed by atoms with E-state index >= 15 is 0 Å². The molecule has 0 amide bonds. The molecule has 7 heteroatoms. The average molecular weight is 223 g/mol. The van der Waals surface area contributed by atoms with E-state index in [0.29, 0.717) is 0 Å². The van der Waals surface area contributed by atoms with Crippen molar-refractivity contribution in [2.24, 2.45) is 0 Å². The van der Waals surface area contributed by atoms with Crippen molar-refractivity contribution >= 4 is 0 Å². The van der Waals surface area contributed by atoms with Crippen molar-refractivity contribution in [2.75, 3.05) is 13.1 Å². The normalized spacial score (nSPS) is 12.4. The van der Waals surface area contributed by atoms with Crippen molar-refractivity contribution < 1.29 is 17.7 Å². The Morgan fingerprint density at radius 1 is 1.27 bits per heavy atom. The van der Waals surface area contributed by atoms with Gasteiger partial charge in [-0.2, -0.15) is 18.2 Å². The van der Waals surface area contributed by atoms with E-state index < -0.39 is 12.1 Å². The Bertz CT molecular complexity index is 306. The fourth-order valence-corrected chi connectivity index (χ4v) is 1.08. The van der Waals surface area contributed by atoms with Gasteiger partial charge in [0.2, 0.25) is 0 Å². The van der Waals surface area contributed by atoms with E-state index in [4.69, 9.17) is 0 Å². The maximum absolute atomic E-state index is 12.1. The van der Waals surface area contributed by atoms with E-state index in [9.17, 15) is 13.2 Å². The molecule has 0 saturated carbocycles. The lowest BCUT2D eigenvalue weighted by atomic mass is 10.4. The van der Waals surface area contributed by atoms with Crippen LogP contribution in [0.5, 0.6) is 0 Å². The predicted octanol–water partition coefficient (Wildman–Crippen LogP) is 1.93. The van der Waals surface area contributed by atoms with Crippen molar-refractivity contribution in [2.45, 2.75) is 26.6 Å². The van der Waals surface area contributed by atoms with Crippen LogP contribution in [0.3, 0.4) is 0 Å². The van der Waals surface area contributed by atoms with Crippen molar-refractivity contribution in [3.05, 3.63) is 11.7 Å². The molecule has 4 nitrogen and oxygen atoms in total. The Labute approximate surface area is 85.1 Å². The van der Waals surface area contributed by atoms with Crippen LogP contribution >= 0.6 is 0 Å². The average Bonchev–Trinajstić information content (AvgIpc) is 2.61. The summed E-state index contributed by atoms with van der Waals surface area (Å²) in [5.41, 5.74) is 0. The highest BCUT2D eigenvalue weighted by molar-refractivity contribution is 4.89. The first-order valence-electron chi connectivity index (χ1n) is 4.59. The quantitative estimate of drug-likeness (QED) is 0.782. The zero-order valence-electron chi connectivity index (χ0n) is 8.51. The molecule has 86 valence electrons. The summed E-state index contributed by atoms with van der Waals surface area (Å²) in [7, 11) is 0. The van der Waals surface area contributed by atoms with Crippen LogP contribution in [0.2, 0.25) is 0 Å². The van der Waals surface area contributed by atoms with Crippen LogP contribution in [0.25, 0.3) is 0 Å². The highest BCUT2D eigenvalue weighted by atomic mass is 19.4. The summed E-state index contributed by atoms with van der Waals surface area (Å²) in [6.07, 6.45) is -4.56. The molecule has 0 aliphatic carbocycles. The Hall–Kier alpha value is -1.11. The summed E-state index contributed by atoms with van der Waals surface area (Å²) in [6.45, 7) is 5.55. The number of halogens is 3. The van der Waals surface area contributed by atoms with Crippen LogP contribution in [0.4, 0.5) is 13.2 Å². The zero-order chi connectivity index (χ0) is 11.5. The second-order valence-corrected chi connectivity index (χ2v) is 2.97. The first-order valence-corrected chi connectivity index (χ1v) is 4.59. The zero-order valence-corrected chi connectivity index (χ0v) is 8.51. The van der Waals surface area contributed by atoms with E-state index in [0.717, 1.165) is 13.1 Å². The van der Waals surface area contributed by atoms with Crippen LogP contribution in [-0.2, 0) is 12.7 Å². The van der Waals surface area contributed by atoms with Gasteiger partial charge in [0.1, 0.15) is 0 Å². The summed E-state index contributed by atoms with van der Waals surface area (Å²) >= 11 is 0. The van der Waals surface area contributed by atoms with E-state index in [2.05, 4.69) is 14.7 Å². The van der Waals surface area contributed by atoms with Gasteiger partial charge in [0, 0.05) is 0 Å². The van der Waals surface area contributed by atoms with Gasteiger partial charge >= 0.3 is 12.1 Å². The second kappa shape index (κ2) is 4.61. The highest BCUT2D eigenvalue weighted by Gasteiger charge is 2.38. The molecule has 0 spiro atoms. The molecule has 1 heterocycles. The third-order valence-electron chi connectivity index (χ3n) is 1.97. The van der Waals surface area contributed by atoms with Crippen LogP contribution < -0.4 is 0 Å². The molecule has 0 aromatic carbocycles. The van der Waals surface area contributed by atoms with Crippen LogP contribution in [0, 0.1) is 0 Å². The van der Waals surface area contributed by atoms with Crippen LogP contribution in [0.1, 0.15) is 25.6 Å². The number of nitrogens with zero attached hydrogens (tertiary/aromatic N) is 3. The predicted molar refractivity (Wildman–Crippen MR) is 45.9 cm³/mol. The maximum Gasteiger partial charge on any atom is 0.471 e. The van der Waals surface area contributed by atoms with Crippen molar-refractivity contribution in [1.29, 1.82) is 0 Å². The second-order valence-electron chi connectivity index (χ2n) is 2.97. The van der Waals surface area contributed by atoms with Crippen LogP contribution in [0.15, 0.2) is 4.52 Å². The highest BCUT2D eigenvalue weighted by Crippen LogP contribution is 2.27. The molecule has 1 aromatic heterocycles. The van der Waals surface area contributed by atoms with Crippen LogP contribution in [-0.4, -0.2) is 28.1 Å². The lowest BCUT2D eigenvalue weighted by Crippen LogP contribution is -2.22. The summed E-state index contributed by atoms with van der Waals surface area (Å²) in [5.74, 6) is -1.23. The first kappa shape index (κ1) is 12.0. The van der Waals surface area contributed by atoms with Gasteiger partial charge in [-0.1, -0.05) is 19.0 Å². The van der Waals surface area contributed by atoms with Gasteiger partial charge in [0.05, 0.1) is 6.54 Å². The van der Waals surface area contributed by atoms with E-state index in [-0.39, 0.29) is 12.4 Å². The third-order valence-corrected chi connectivity index (χ3v) is 1.97. The number of alkyl halides is 3. The molecule has 0 unspecified atom stereocenters. The SMILES string of the molecule is CCN(CC)Cc1noc(C(F)(F)F)n1. The Morgan fingerprint density at radius 3 is 2.27 bits per heavy atom. The molecule has 0 fully saturated rings. The monoisotopic (exact) mass is 223 g/mol. The Morgan fingerprint density at radius 2 is 1.87 bits per heavy atom. The summed E-state index contributed by atoms with van der Waals surface area (Å²) in [6, 6.07) is 0. The lowest BCUT2D eigenvalue weighted by molar-refractivity contribution is -0.159. The Balaban J connectivity index is 2.68.